The molecule has 2 amide bonds. The number of nitrogens with zero attached hydrogens (tertiary/aromatic N) is 1. The fourth-order valence-corrected chi connectivity index (χ4v) is 5.80. The van der Waals surface area contributed by atoms with Crippen LogP contribution in [0, 0.1) is 0 Å². The van der Waals surface area contributed by atoms with E-state index >= 15 is 0 Å². The number of urea groups is 1. The Bertz CT molecular complexity index is 1610. The third-order valence-electron chi connectivity index (χ3n) is 8.64. The first-order chi connectivity index (χ1) is 23.3. The molecule has 3 N–H and O–H groups in total. The molecule has 1 aliphatic rings. The largest absolute Gasteiger partial charge is 0.465 e. The van der Waals surface area contributed by atoms with Crippen LogP contribution in [0.15, 0.2) is 103 Å². The van der Waals surface area contributed by atoms with Crippen LogP contribution in [0.25, 0.3) is 11.1 Å². The average Bonchev–Trinajstić information content (AvgIpc) is 3.13. The number of hydrogen-bond acceptors (Lipinski definition) is 7. The van der Waals surface area contributed by atoms with Crippen molar-refractivity contribution in [2.75, 3.05) is 26.7 Å². The van der Waals surface area contributed by atoms with Crippen LogP contribution in [0.5, 0.6) is 0 Å². The smallest absolute Gasteiger partial charge is 0.325 e. The van der Waals surface area contributed by atoms with E-state index in [0.717, 1.165) is 39.9 Å². The van der Waals surface area contributed by atoms with Gasteiger partial charge in [0.1, 0.15) is 6.54 Å². The number of hydrogen-bond donors (Lipinski definition) is 3. The Kier molecular flexibility index (Phi) is 12.3. The van der Waals surface area contributed by atoms with Crippen molar-refractivity contribution in [3.63, 3.8) is 0 Å². The van der Waals surface area contributed by atoms with E-state index in [2.05, 4.69) is 65.9 Å². The molecule has 0 radical (unpaired) electrons. The minimum Gasteiger partial charge on any atom is -0.465 e. The van der Waals surface area contributed by atoms with E-state index in [1.165, 1.54) is 5.56 Å². The number of benzene rings is 4. The predicted octanol–water partition coefficient (Wildman–Crippen LogP) is 6.45. The lowest BCUT2D eigenvalue weighted by molar-refractivity contribution is -0.253. The maximum absolute atomic E-state index is 12.1. The van der Waals surface area contributed by atoms with Gasteiger partial charge in [-0.25, -0.2) is 4.79 Å². The predicted molar refractivity (Wildman–Crippen MR) is 185 cm³/mol. The van der Waals surface area contributed by atoms with Crippen LogP contribution in [0.3, 0.4) is 0 Å². The van der Waals surface area contributed by atoms with E-state index in [-0.39, 0.29) is 38.0 Å². The van der Waals surface area contributed by atoms with Crippen molar-refractivity contribution in [1.29, 1.82) is 0 Å². The van der Waals surface area contributed by atoms with Gasteiger partial charge in [-0.15, -0.1) is 0 Å². The van der Waals surface area contributed by atoms with Gasteiger partial charge in [0, 0.05) is 31.1 Å². The number of rotatable bonds is 13. The molecule has 1 aliphatic heterocycles. The van der Waals surface area contributed by atoms with Gasteiger partial charge in [0.2, 0.25) is 0 Å². The van der Waals surface area contributed by atoms with Crippen LogP contribution in [-0.4, -0.2) is 54.9 Å². The molecule has 48 heavy (non-hydrogen) atoms. The van der Waals surface area contributed by atoms with E-state index in [1.54, 1.807) is 6.92 Å². The molecule has 0 unspecified atom stereocenters. The molecule has 4 aromatic rings. The van der Waals surface area contributed by atoms with Crippen molar-refractivity contribution in [3.8, 4) is 11.1 Å². The first-order valence-corrected chi connectivity index (χ1v) is 16.4. The van der Waals surface area contributed by atoms with Gasteiger partial charge < -0.3 is 30.0 Å². The van der Waals surface area contributed by atoms with E-state index in [0.29, 0.717) is 13.0 Å². The first-order valence-electron chi connectivity index (χ1n) is 16.4. The number of amides is 2. The Hall–Kier alpha value is -4.54. The third kappa shape index (κ3) is 9.51. The molecule has 1 heterocycles. The Morgan fingerprint density at radius 2 is 1.60 bits per heavy atom. The number of carbonyl (C=O) groups is 2. The van der Waals surface area contributed by atoms with Gasteiger partial charge in [0.25, 0.3) is 0 Å². The number of nitrogens with one attached hydrogen (secondary N) is 2. The molecule has 0 aliphatic carbocycles. The lowest BCUT2D eigenvalue weighted by atomic mass is 9.98. The lowest BCUT2D eigenvalue weighted by Crippen LogP contribution is -2.38. The van der Waals surface area contributed by atoms with Crippen molar-refractivity contribution in [3.05, 3.63) is 131 Å². The summed E-state index contributed by atoms with van der Waals surface area (Å²) in [5.74, 6) is -0.477. The summed E-state index contributed by atoms with van der Waals surface area (Å²) >= 11 is 0. The summed E-state index contributed by atoms with van der Waals surface area (Å²) in [7, 11) is 2.13. The number of carbonyl (C=O) groups excluding carboxylic acids is 2. The summed E-state index contributed by atoms with van der Waals surface area (Å²) < 4.78 is 18.0. The summed E-state index contributed by atoms with van der Waals surface area (Å²) in [6.07, 6.45) is -0.0777. The van der Waals surface area contributed by atoms with Crippen molar-refractivity contribution < 1.29 is 28.9 Å². The monoisotopic (exact) mass is 651 g/mol. The van der Waals surface area contributed by atoms with Crippen LogP contribution >= 0.6 is 0 Å². The highest BCUT2D eigenvalue weighted by Gasteiger charge is 2.33. The van der Waals surface area contributed by atoms with Crippen molar-refractivity contribution >= 4 is 12.0 Å². The molecule has 5 rings (SSSR count). The van der Waals surface area contributed by atoms with Crippen LogP contribution in [0.1, 0.15) is 66.5 Å². The number of likely N-dealkylation sites (N-methyl/N-ethyl adjacent to an activating group) is 1. The zero-order valence-electron chi connectivity index (χ0n) is 27.8. The maximum atomic E-state index is 12.1. The Morgan fingerprint density at radius 1 is 0.875 bits per heavy atom. The summed E-state index contributed by atoms with van der Waals surface area (Å²) in [5, 5.41) is 14.8. The van der Waals surface area contributed by atoms with Gasteiger partial charge in [-0.05, 0) is 60.3 Å². The Labute approximate surface area is 282 Å². The molecule has 9 heteroatoms. The van der Waals surface area contributed by atoms with Gasteiger partial charge in [-0.1, -0.05) is 97.1 Å². The molecule has 4 atom stereocenters. The minimum absolute atomic E-state index is 0.000554. The van der Waals surface area contributed by atoms with E-state index in [4.69, 9.17) is 14.2 Å². The fraction of sp³-hybridized carbons (Fsp3) is 0.333. The van der Waals surface area contributed by atoms with Crippen LogP contribution in [0.2, 0.25) is 0 Å². The van der Waals surface area contributed by atoms with E-state index in [1.807, 2.05) is 66.7 Å². The highest BCUT2D eigenvalue weighted by molar-refractivity contribution is 5.80. The van der Waals surface area contributed by atoms with Crippen LogP contribution in [0.4, 0.5) is 4.79 Å². The summed E-state index contributed by atoms with van der Waals surface area (Å²) in [4.78, 5) is 25.9. The molecular formula is C39H45N3O6. The molecule has 252 valence electrons. The summed E-state index contributed by atoms with van der Waals surface area (Å²) in [5.41, 5.74) is 7.06. The zero-order valence-corrected chi connectivity index (χ0v) is 27.8. The molecule has 0 spiro atoms. The molecule has 1 fully saturated rings. The highest BCUT2D eigenvalue weighted by Crippen LogP contribution is 2.39. The number of ether oxygens (including phenoxy) is 3. The van der Waals surface area contributed by atoms with Gasteiger partial charge >= 0.3 is 12.0 Å². The topological polar surface area (TPSA) is 109 Å². The maximum Gasteiger partial charge on any atom is 0.325 e. The summed E-state index contributed by atoms with van der Waals surface area (Å²) in [6.45, 7) is 5.06. The van der Waals surface area contributed by atoms with Crippen molar-refractivity contribution in [1.82, 2.24) is 15.5 Å². The quantitative estimate of drug-likeness (QED) is 0.143. The van der Waals surface area contributed by atoms with Crippen LogP contribution < -0.4 is 10.6 Å². The highest BCUT2D eigenvalue weighted by atomic mass is 16.7. The second-order valence-electron chi connectivity index (χ2n) is 12.0. The molecule has 4 aromatic carbocycles. The second-order valence-corrected chi connectivity index (χ2v) is 12.0. The van der Waals surface area contributed by atoms with Gasteiger partial charge in [-0.2, -0.15) is 0 Å². The number of esters is 1. The molecule has 0 aromatic heterocycles. The second kappa shape index (κ2) is 17.0. The molecule has 0 bridgehead atoms. The molecule has 9 nitrogen and oxygen atoms in total. The van der Waals surface area contributed by atoms with Crippen molar-refractivity contribution in [2.24, 2.45) is 0 Å². The lowest BCUT2D eigenvalue weighted by Gasteiger charge is -2.39. The van der Waals surface area contributed by atoms with E-state index in [9.17, 15) is 14.7 Å². The minimum atomic E-state index is -0.551. The standard InChI is InChI=1S/C39H45N3O6/c1-4-46-37(44)24-41-39(45)40-23-29-9-8-12-34(21-29)31-17-19-33(20-18-31)38-47-35(25-42(3)27(2)30-10-6-5-7-11-30)22-36(48-38)32-15-13-28(26-43)14-16-32/h5-21,27,35-36,38,43H,4,22-26H2,1-3H3,(H2,40,41,45)/t27-,35+,36-,38-/m0/s1. The first kappa shape index (κ1) is 34.8. The number of aliphatic hydroxyl groups excluding tert-OH is 1. The SMILES string of the molecule is CCOC(=O)CNC(=O)NCc1cccc(-c2ccc([C@H]3O[C@@H](CN(C)[C@@H](C)c4ccccc4)C[C@@H](c4ccc(CO)cc4)O3)cc2)c1. The van der Waals surface area contributed by atoms with Gasteiger partial charge in [0.15, 0.2) is 6.29 Å². The van der Waals surface area contributed by atoms with Gasteiger partial charge in [0.05, 0.1) is 25.4 Å². The summed E-state index contributed by atoms with van der Waals surface area (Å²) in [6, 6.07) is 34.3. The Morgan fingerprint density at radius 3 is 2.31 bits per heavy atom. The van der Waals surface area contributed by atoms with Crippen LogP contribution in [-0.2, 0) is 32.2 Å². The zero-order chi connectivity index (χ0) is 33.9. The number of aliphatic hydroxyl groups is 1. The average molecular weight is 652 g/mol. The normalized spacial score (nSPS) is 18.2. The van der Waals surface area contributed by atoms with Gasteiger partial charge in [-0.3, -0.25) is 9.69 Å². The van der Waals surface area contributed by atoms with E-state index < -0.39 is 18.3 Å². The third-order valence-corrected chi connectivity index (χ3v) is 8.64. The molecule has 0 saturated carbocycles. The fourth-order valence-electron chi connectivity index (χ4n) is 5.80. The molecular weight excluding hydrogens is 606 g/mol. The Balaban J connectivity index is 1.27. The molecule has 1 saturated heterocycles. The van der Waals surface area contributed by atoms with Crippen molar-refractivity contribution in [2.45, 2.75) is 58.0 Å².